The molecule has 0 atom stereocenters. The molecule has 0 aliphatic heterocycles. The minimum Gasteiger partial charge on any atom is -0.369 e. The SMILES string of the molecule is CCC(CC)(CC)N=C(N)NN. The summed E-state index contributed by atoms with van der Waals surface area (Å²) in [5.41, 5.74) is 7.82. The molecule has 4 heteroatoms. The van der Waals surface area contributed by atoms with Crippen LogP contribution in [0, 0.1) is 0 Å². The van der Waals surface area contributed by atoms with Crippen LogP contribution in [0.25, 0.3) is 0 Å². The van der Waals surface area contributed by atoms with Crippen LogP contribution >= 0.6 is 0 Å². The van der Waals surface area contributed by atoms with Crippen molar-refractivity contribution in [1.29, 1.82) is 0 Å². The van der Waals surface area contributed by atoms with E-state index in [-0.39, 0.29) is 5.54 Å². The second-order valence-corrected chi connectivity index (χ2v) is 2.93. The molecule has 0 spiro atoms. The van der Waals surface area contributed by atoms with E-state index in [9.17, 15) is 0 Å². The lowest BCUT2D eigenvalue weighted by atomic mass is 9.91. The first-order valence-electron chi connectivity index (χ1n) is 4.46. The number of nitrogens with zero attached hydrogens (tertiary/aromatic N) is 1. The number of rotatable bonds is 4. The van der Waals surface area contributed by atoms with Gasteiger partial charge >= 0.3 is 0 Å². The molecule has 0 aromatic carbocycles. The Morgan fingerprint density at radius 1 is 1.25 bits per heavy atom. The second-order valence-electron chi connectivity index (χ2n) is 2.93. The Balaban J connectivity index is 4.49. The summed E-state index contributed by atoms with van der Waals surface area (Å²) in [5.74, 6) is 5.46. The molecule has 0 rings (SSSR count). The lowest BCUT2D eigenvalue weighted by Gasteiger charge is -2.25. The van der Waals surface area contributed by atoms with E-state index in [1.807, 2.05) is 0 Å². The van der Waals surface area contributed by atoms with Gasteiger partial charge in [0.2, 0.25) is 5.96 Å². The Morgan fingerprint density at radius 2 is 1.67 bits per heavy atom. The summed E-state index contributed by atoms with van der Waals surface area (Å²) < 4.78 is 0. The van der Waals surface area contributed by atoms with Crippen LogP contribution in [-0.4, -0.2) is 11.5 Å². The van der Waals surface area contributed by atoms with Gasteiger partial charge in [0, 0.05) is 0 Å². The van der Waals surface area contributed by atoms with Crippen LogP contribution in [0.15, 0.2) is 4.99 Å². The molecule has 0 amide bonds. The molecule has 0 bridgehead atoms. The van der Waals surface area contributed by atoms with Crippen LogP contribution in [0.5, 0.6) is 0 Å². The fourth-order valence-electron chi connectivity index (χ4n) is 1.27. The highest BCUT2D eigenvalue weighted by atomic mass is 15.3. The van der Waals surface area contributed by atoms with E-state index < -0.39 is 0 Å². The number of hydrogen-bond donors (Lipinski definition) is 3. The van der Waals surface area contributed by atoms with Crippen LogP contribution in [-0.2, 0) is 0 Å². The summed E-state index contributed by atoms with van der Waals surface area (Å²) in [7, 11) is 0. The van der Waals surface area contributed by atoms with Gasteiger partial charge in [-0.2, -0.15) is 0 Å². The minimum atomic E-state index is -0.0313. The fraction of sp³-hybridized carbons (Fsp3) is 0.875. The summed E-state index contributed by atoms with van der Waals surface area (Å²) in [5, 5.41) is 0. The third-order valence-corrected chi connectivity index (χ3v) is 2.48. The first kappa shape index (κ1) is 11.2. The van der Waals surface area contributed by atoms with E-state index in [0.717, 1.165) is 19.3 Å². The number of nitrogens with one attached hydrogen (secondary N) is 1. The van der Waals surface area contributed by atoms with Crippen molar-refractivity contribution >= 4 is 5.96 Å². The molecule has 0 fully saturated rings. The predicted molar refractivity (Wildman–Crippen MR) is 52.5 cm³/mol. The Bertz CT molecular complexity index is 141. The maximum atomic E-state index is 5.50. The molecule has 12 heavy (non-hydrogen) atoms. The van der Waals surface area contributed by atoms with Gasteiger partial charge in [-0.25, -0.2) is 10.8 Å². The van der Waals surface area contributed by atoms with Gasteiger partial charge in [0.05, 0.1) is 5.54 Å². The van der Waals surface area contributed by atoms with Crippen molar-refractivity contribution in [1.82, 2.24) is 5.43 Å². The zero-order valence-electron chi connectivity index (χ0n) is 8.22. The van der Waals surface area contributed by atoms with Crippen molar-refractivity contribution in [3.05, 3.63) is 0 Å². The number of hydrazine groups is 1. The monoisotopic (exact) mass is 172 g/mol. The highest BCUT2D eigenvalue weighted by molar-refractivity contribution is 5.77. The fourth-order valence-corrected chi connectivity index (χ4v) is 1.27. The maximum absolute atomic E-state index is 5.50. The summed E-state index contributed by atoms with van der Waals surface area (Å²) in [6.45, 7) is 6.33. The highest BCUT2D eigenvalue weighted by Gasteiger charge is 2.22. The molecule has 5 N–H and O–H groups in total. The van der Waals surface area contributed by atoms with Crippen molar-refractivity contribution in [2.75, 3.05) is 0 Å². The summed E-state index contributed by atoms with van der Waals surface area (Å²) in [6.07, 6.45) is 2.97. The first-order valence-corrected chi connectivity index (χ1v) is 4.46. The van der Waals surface area contributed by atoms with Gasteiger partial charge in [0.1, 0.15) is 0 Å². The van der Waals surface area contributed by atoms with E-state index in [0.29, 0.717) is 5.96 Å². The third-order valence-electron chi connectivity index (χ3n) is 2.48. The van der Waals surface area contributed by atoms with E-state index >= 15 is 0 Å². The zero-order chi connectivity index (χ0) is 9.61. The Morgan fingerprint density at radius 3 is 1.92 bits per heavy atom. The molecule has 0 aliphatic rings. The molecule has 0 aliphatic carbocycles. The summed E-state index contributed by atoms with van der Waals surface area (Å²) >= 11 is 0. The quantitative estimate of drug-likeness (QED) is 0.253. The largest absolute Gasteiger partial charge is 0.369 e. The molecule has 0 saturated heterocycles. The molecule has 4 nitrogen and oxygen atoms in total. The summed E-state index contributed by atoms with van der Waals surface area (Å²) in [4.78, 5) is 4.34. The Hall–Kier alpha value is -0.770. The van der Waals surface area contributed by atoms with Crippen LogP contribution in [0.4, 0.5) is 0 Å². The maximum Gasteiger partial charge on any atom is 0.203 e. The molecular weight excluding hydrogens is 152 g/mol. The lowest BCUT2D eigenvalue weighted by Crippen LogP contribution is -2.40. The van der Waals surface area contributed by atoms with Crippen molar-refractivity contribution in [3.8, 4) is 0 Å². The molecule has 0 aromatic heterocycles. The standard InChI is InChI=1S/C8H20N4/c1-4-8(5-2,6-3)11-7(9)12-10/h4-6,10H2,1-3H3,(H3,9,11,12). The number of nitrogens with two attached hydrogens (primary N) is 2. The van der Waals surface area contributed by atoms with E-state index in [4.69, 9.17) is 11.6 Å². The number of guanidine groups is 1. The molecule has 0 aromatic rings. The average Bonchev–Trinajstić information content (AvgIpc) is 2.14. The average molecular weight is 172 g/mol. The highest BCUT2D eigenvalue weighted by Crippen LogP contribution is 2.23. The Kier molecular flexibility index (Phi) is 4.66. The molecule has 0 unspecified atom stereocenters. The van der Waals surface area contributed by atoms with Crippen LogP contribution in [0.1, 0.15) is 40.0 Å². The normalized spacial score (nSPS) is 13.2. The Labute approximate surface area is 74.4 Å². The van der Waals surface area contributed by atoms with Gasteiger partial charge in [-0.3, -0.25) is 5.43 Å². The molecule has 0 heterocycles. The number of aliphatic imine (C=N–C) groups is 1. The minimum absolute atomic E-state index is 0.0313. The molecular formula is C8H20N4. The van der Waals surface area contributed by atoms with Gasteiger partial charge < -0.3 is 5.73 Å². The van der Waals surface area contributed by atoms with Gasteiger partial charge in [-0.1, -0.05) is 20.8 Å². The van der Waals surface area contributed by atoms with Crippen LogP contribution < -0.4 is 17.0 Å². The third kappa shape index (κ3) is 2.70. The smallest absolute Gasteiger partial charge is 0.203 e. The van der Waals surface area contributed by atoms with Gasteiger partial charge in [0.25, 0.3) is 0 Å². The second kappa shape index (κ2) is 4.98. The molecule has 72 valence electrons. The van der Waals surface area contributed by atoms with Crippen LogP contribution in [0.3, 0.4) is 0 Å². The lowest BCUT2D eigenvalue weighted by molar-refractivity contribution is 0.384. The van der Waals surface area contributed by atoms with Gasteiger partial charge in [-0.15, -0.1) is 0 Å². The topological polar surface area (TPSA) is 76.4 Å². The first-order chi connectivity index (χ1) is 5.64. The van der Waals surface area contributed by atoms with Crippen molar-refractivity contribution in [3.63, 3.8) is 0 Å². The summed E-state index contributed by atoms with van der Waals surface area (Å²) in [6, 6.07) is 0. The van der Waals surface area contributed by atoms with E-state index in [2.05, 4.69) is 31.2 Å². The number of hydrogen-bond acceptors (Lipinski definition) is 2. The van der Waals surface area contributed by atoms with Crippen molar-refractivity contribution in [2.24, 2.45) is 16.6 Å². The predicted octanol–water partition coefficient (Wildman–Crippen LogP) is 0.733. The molecule has 0 radical (unpaired) electrons. The van der Waals surface area contributed by atoms with E-state index in [1.165, 1.54) is 0 Å². The van der Waals surface area contributed by atoms with Gasteiger partial charge in [-0.05, 0) is 19.3 Å². The van der Waals surface area contributed by atoms with Crippen molar-refractivity contribution in [2.45, 2.75) is 45.6 Å². The van der Waals surface area contributed by atoms with Crippen LogP contribution in [0.2, 0.25) is 0 Å². The van der Waals surface area contributed by atoms with Gasteiger partial charge in [0.15, 0.2) is 0 Å². The van der Waals surface area contributed by atoms with E-state index in [1.54, 1.807) is 0 Å². The van der Waals surface area contributed by atoms with Crippen molar-refractivity contribution < 1.29 is 0 Å². The molecule has 0 saturated carbocycles. The zero-order valence-corrected chi connectivity index (χ0v) is 8.22.